The Morgan fingerprint density at radius 3 is 2.36 bits per heavy atom. The molecule has 114 valence electrons. The van der Waals surface area contributed by atoms with Gasteiger partial charge >= 0.3 is 7.12 Å². The van der Waals surface area contributed by atoms with Gasteiger partial charge in [0.25, 0.3) is 0 Å². The van der Waals surface area contributed by atoms with Gasteiger partial charge in [-0.15, -0.1) is 0 Å². The van der Waals surface area contributed by atoms with Crippen molar-refractivity contribution in [3.8, 4) is 6.07 Å². The quantitative estimate of drug-likeness (QED) is 0.758. The van der Waals surface area contributed by atoms with Crippen LogP contribution >= 0.6 is 11.6 Å². The Hall–Kier alpha value is -1.55. The Morgan fingerprint density at radius 1 is 1.23 bits per heavy atom. The number of nitriles is 1. The molecule has 3 rings (SSSR count). The molecule has 7 heteroatoms. The average Bonchev–Trinajstić information content (AvgIpc) is 2.83. The molecule has 0 spiro atoms. The highest BCUT2D eigenvalue weighted by Crippen LogP contribution is 2.37. The lowest BCUT2D eigenvalue weighted by Crippen LogP contribution is -2.41. The normalized spacial score (nSPS) is 19.6. The summed E-state index contributed by atoms with van der Waals surface area (Å²) in [5, 5.41) is 14.7. The first-order valence-electron chi connectivity index (χ1n) is 7.09. The summed E-state index contributed by atoms with van der Waals surface area (Å²) in [7, 11) is 1.16. The van der Waals surface area contributed by atoms with E-state index in [1.54, 1.807) is 7.05 Å². The topological polar surface area (TPSA) is 60.1 Å². The van der Waals surface area contributed by atoms with Gasteiger partial charge in [0.15, 0.2) is 0 Å². The number of rotatable bonds is 1. The van der Waals surface area contributed by atoms with E-state index in [2.05, 4.69) is 11.2 Å². The molecule has 0 aliphatic carbocycles. The lowest BCUT2D eigenvalue weighted by Gasteiger charge is -2.32. The number of hydrogen-bond donors (Lipinski definition) is 0. The van der Waals surface area contributed by atoms with Crippen molar-refractivity contribution in [1.29, 1.82) is 5.26 Å². The molecule has 0 N–H and O–H groups in total. The molecule has 1 aliphatic heterocycles. The predicted molar refractivity (Wildman–Crippen MR) is 86.2 cm³/mol. The number of halogens is 1. The van der Waals surface area contributed by atoms with Crippen molar-refractivity contribution >= 4 is 35.1 Å². The van der Waals surface area contributed by atoms with Crippen molar-refractivity contribution in [3.05, 3.63) is 22.8 Å². The number of aryl methyl sites for hydroxylation is 1. The van der Waals surface area contributed by atoms with Crippen LogP contribution in [0, 0.1) is 11.3 Å². The van der Waals surface area contributed by atoms with Gasteiger partial charge in [-0.3, -0.25) is 4.68 Å². The lowest BCUT2D eigenvalue weighted by molar-refractivity contribution is 0.00578. The molecular formula is C15H17BClN3O2. The summed E-state index contributed by atoms with van der Waals surface area (Å²) in [6.45, 7) is 7.96. The van der Waals surface area contributed by atoms with Crippen LogP contribution in [0.15, 0.2) is 12.1 Å². The summed E-state index contributed by atoms with van der Waals surface area (Å²) in [6.07, 6.45) is 0. The largest absolute Gasteiger partial charge is 0.496 e. The van der Waals surface area contributed by atoms with Crippen LogP contribution in [0.1, 0.15) is 33.4 Å². The lowest BCUT2D eigenvalue weighted by atomic mass is 9.78. The fourth-order valence-electron chi connectivity index (χ4n) is 2.54. The van der Waals surface area contributed by atoms with E-state index >= 15 is 0 Å². The molecule has 1 aromatic carbocycles. The van der Waals surface area contributed by atoms with Crippen LogP contribution in [0.4, 0.5) is 0 Å². The number of nitrogens with zero attached hydrogens (tertiary/aromatic N) is 3. The zero-order chi connectivity index (χ0) is 16.3. The van der Waals surface area contributed by atoms with Gasteiger partial charge in [0.2, 0.25) is 0 Å². The summed E-state index contributed by atoms with van der Waals surface area (Å²) < 4.78 is 13.6. The van der Waals surface area contributed by atoms with E-state index in [0.29, 0.717) is 21.6 Å². The molecule has 0 amide bonds. The van der Waals surface area contributed by atoms with Crippen LogP contribution in [0.2, 0.25) is 5.02 Å². The minimum absolute atomic E-state index is 0.429. The van der Waals surface area contributed by atoms with Crippen molar-refractivity contribution in [3.63, 3.8) is 0 Å². The minimum Gasteiger partial charge on any atom is -0.399 e. The smallest absolute Gasteiger partial charge is 0.399 e. The van der Waals surface area contributed by atoms with Crippen LogP contribution in [0.5, 0.6) is 0 Å². The molecular weight excluding hydrogens is 300 g/mol. The van der Waals surface area contributed by atoms with Gasteiger partial charge in [-0.05, 0) is 33.8 Å². The molecule has 0 radical (unpaired) electrons. The number of aromatic nitrogens is 2. The average molecular weight is 318 g/mol. The molecule has 1 fully saturated rings. The van der Waals surface area contributed by atoms with E-state index in [9.17, 15) is 5.26 Å². The summed E-state index contributed by atoms with van der Waals surface area (Å²) in [4.78, 5) is 0. The highest BCUT2D eigenvalue weighted by molar-refractivity contribution is 6.66. The summed E-state index contributed by atoms with van der Waals surface area (Å²) >= 11 is 6.54. The maximum atomic E-state index is 9.32. The van der Waals surface area contributed by atoms with Crippen molar-refractivity contribution in [2.75, 3.05) is 0 Å². The Balaban J connectivity index is 2.14. The standard InChI is InChI=1S/C15H17BClN3O2/c1-14(2)15(3,4)22-16(21-14)9-6-7-10-12(13(9)17)11(8-18)20(5)19-10/h6-7H,1-5H3. The zero-order valence-electron chi connectivity index (χ0n) is 13.3. The predicted octanol–water partition coefficient (Wildman–Crippen LogP) is 2.40. The molecule has 5 nitrogen and oxygen atoms in total. The first-order valence-corrected chi connectivity index (χ1v) is 7.46. The molecule has 22 heavy (non-hydrogen) atoms. The molecule has 1 saturated heterocycles. The van der Waals surface area contributed by atoms with Gasteiger partial charge < -0.3 is 9.31 Å². The molecule has 1 aromatic heterocycles. The molecule has 2 heterocycles. The van der Waals surface area contributed by atoms with Crippen LogP contribution < -0.4 is 5.46 Å². The zero-order valence-corrected chi connectivity index (χ0v) is 14.0. The van der Waals surface area contributed by atoms with E-state index in [0.717, 1.165) is 5.46 Å². The third-order valence-corrected chi connectivity index (χ3v) is 4.99. The van der Waals surface area contributed by atoms with Gasteiger partial charge in [0.05, 0.1) is 27.1 Å². The van der Waals surface area contributed by atoms with E-state index in [-0.39, 0.29) is 0 Å². The van der Waals surface area contributed by atoms with Gasteiger partial charge in [-0.2, -0.15) is 10.4 Å². The van der Waals surface area contributed by atoms with Gasteiger partial charge in [-0.1, -0.05) is 17.7 Å². The summed E-state index contributed by atoms with van der Waals surface area (Å²) in [5.74, 6) is 0. The van der Waals surface area contributed by atoms with Crippen LogP contribution in [-0.2, 0) is 16.4 Å². The molecule has 2 aromatic rings. The van der Waals surface area contributed by atoms with Crippen molar-refractivity contribution < 1.29 is 9.31 Å². The van der Waals surface area contributed by atoms with Gasteiger partial charge in [0, 0.05) is 12.5 Å². The Morgan fingerprint density at radius 2 is 1.82 bits per heavy atom. The molecule has 1 aliphatic rings. The second-order valence-electron chi connectivity index (χ2n) is 6.54. The summed E-state index contributed by atoms with van der Waals surface area (Å²) in [6, 6.07) is 5.83. The Kier molecular flexibility index (Phi) is 3.30. The van der Waals surface area contributed by atoms with Crippen molar-refractivity contribution in [2.24, 2.45) is 7.05 Å². The van der Waals surface area contributed by atoms with Crippen LogP contribution in [0.25, 0.3) is 10.9 Å². The number of hydrogen-bond acceptors (Lipinski definition) is 4. The van der Waals surface area contributed by atoms with Crippen molar-refractivity contribution in [1.82, 2.24) is 9.78 Å². The molecule has 0 atom stereocenters. The highest BCUT2D eigenvalue weighted by Gasteiger charge is 2.52. The third-order valence-electron chi connectivity index (χ3n) is 4.58. The van der Waals surface area contributed by atoms with E-state index in [1.807, 2.05) is 39.8 Å². The molecule has 0 unspecified atom stereocenters. The molecule has 0 bridgehead atoms. The summed E-state index contributed by atoms with van der Waals surface area (Å²) in [5.41, 5.74) is 0.950. The Bertz CT molecular complexity index is 791. The first-order chi connectivity index (χ1) is 10.2. The van der Waals surface area contributed by atoms with E-state index in [4.69, 9.17) is 20.9 Å². The first kappa shape index (κ1) is 15.4. The third kappa shape index (κ3) is 2.04. The minimum atomic E-state index is -0.561. The van der Waals surface area contributed by atoms with Crippen LogP contribution in [-0.4, -0.2) is 28.1 Å². The fourth-order valence-corrected chi connectivity index (χ4v) is 2.88. The van der Waals surface area contributed by atoms with E-state index < -0.39 is 18.3 Å². The van der Waals surface area contributed by atoms with Gasteiger partial charge in [-0.25, -0.2) is 0 Å². The Labute approximate surface area is 134 Å². The van der Waals surface area contributed by atoms with Crippen molar-refractivity contribution in [2.45, 2.75) is 38.9 Å². The maximum Gasteiger partial charge on any atom is 0.496 e. The maximum absolute atomic E-state index is 9.32. The monoisotopic (exact) mass is 317 g/mol. The highest BCUT2D eigenvalue weighted by atomic mass is 35.5. The second kappa shape index (κ2) is 4.72. The number of fused-ring (bicyclic) bond motifs is 1. The number of benzene rings is 1. The fraction of sp³-hybridized carbons (Fsp3) is 0.467. The van der Waals surface area contributed by atoms with Crippen LogP contribution in [0.3, 0.4) is 0 Å². The van der Waals surface area contributed by atoms with Gasteiger partial charge in [0.1, 0.15) is 11.8 Å². The van der Waals surface area contributed by atoms with E-state index in [1.165, 1.54) is 4.68 Å². The second-order valence-corrected chi connectivity index (χ2v) is 6.91. The SMILES string of the molecule is Cn1nc2ccc(B3OC(C)(C)C(C)(C)O3)c(Cl)c2c1C#N. The molecule has 0 saturated carbocycles.